The fourth-order valence-corrected chi connectivity index (χ4v) is 2.63. The van der Waals surface area contributed by atoms with Gasteiger partial charge in [0.2, 0.25) is 5.88 Å². The van der Waals surface area contributed by atoms with Gasteiger partial charge in [-0.1, -0.05) is 0 Å². The van der Waals surface area contributed by atoms with E-state index in [0.717, 1.165) is 15.8 Å². The summed E-state index contributed by atoms with van der Waals surface area (Å²) < 4.78 is 5.47. The van der Waals surface area contributed by atoms with Crippen LogP contribution in [0.2, 0.25) is 0 Å². The summed E-state index contributed by atoms with van der Waals surface area (Å²) in [4.78, 5) is 21.8. The number of aromatic nitrogens is 2. The zero-order chi connectivity index (χ0) is 13.1. The lowest BCUT2D eigenvalue weighted by Gasteiger charge is -2.06. The zero-order valence-corrected chi connectivity index (χ0v) is 11.4. The molecule has 0 fully saturated rings. The Morgan fingerprint density at radius 1 is 1.44 bits per heavy atom. The second kappa shape index (κ2) is 5.30. The lowest BCUT2D eigenvalue weighted by molar-refractivity contribution is -0.123. The van der Waals surface area contributed by atoms with Crippen LogP contribution in [0.15, 0.2) is 6.33 Å². The summed E-state index contributed by atoms with van der Waals surface area (Å²) in [6.45, 7) is 6.49. The highest BCUT2D eigenvalue weighted by Crippen LogP contribution is 2.33. The molecular formula is C12H15N3O2S. The maximum Gasteiger partial charge on any atom is 0.257 e. The predicted molar refractivity (Wildman–Crippen MR) is 71.1 cm³/mol. The van der Waals surface area contributed by atoms with E-state index in [0.29, 0.717) is 12.4 Å². The van der Waals surface area contributed by atoms with Gasteiger partial charge in [-0.25, -0.2) is 9.97 Å². The molecule has 0 aromatic carbocycles. The summed E-state index contributed by atoms with van der Waals surface area (Å²) >= 11 is 1.61. The quantitative estimate of drug-likeness (QED) is 0.916. The van der Waals surface area contributed by atoms with Crippen molar-refractivity contribution in [1.29, 1.82) is 0 Å². The first-order valence-corrected chi connectivity index (χ1v) is 6.55. The van der Waals surface area contributed by atoms with Gasteiger partial charge in [0.05, 0.1) is 5.39 Å². The van der Waals surface area contributed by atoms with E-state index in [-0.39, 0.29) is 12.5 Å². The molecule has 18 heavy (non-hydrogen) atoms. The largest absolute Gasteiger partial charge is 0.467 e. The third-order valence-corrected chi connectivity index (χ3v) is 3.76. The lowest BCUT2D eigenvalue weighted by Crippen LogP contribution is -2.28. The molecule has 0 bridgehead atoms. The first kappa shape index (κ1) is 12.8. The van der Waals surface area contributed by atoms with E-state index in [1.54, 1.807) is 11.3 Å². The Bertz CT molecular complexity index is 580. The van der Waals surface area contributed by atoms with Crippen molar-refractivity contribution in [3.8, 4) is 5.88 Å². The van der Waals surface area contributed by atoms with E-state index in [1.807, 2.05) is 20.8 Å². The molecule has 0 aliphatic rings. The zero-order valence-electron chi connectivity index (χ0n) is 10.6. The van der Waals surface area contributed by atoms with Crippen molar-refractivity contribution in [3.05, 3.63) is 16.8 Å². The Labute approximate surface area is 109 Å². The van der Waals surface area contributed by atoms with Crippen molar-refractivity contribution in [2.45, 2.75) is 20.8 Å². The van der Waals surface area contributed by atoms with Gasteiger partial charge in [-0.05, 0) is 26.3 Å². The summed E-state index contributed by atoms with van der Waals surface area (Å²) in [6.07, 6.45) is 1.46. The number of hydrogen-bond donors (Lipinski definition) is 1. The van der Waals surface area contributed by atoms with Gasteiger partial charge in [0.25, 0.3) is 5.91 Å². The minimum absolute atomic E-state index is 0.0196. The highest BCUT2D eigenvalue weighted by molar-refractivity contribution is 7.18. The van der Waals surface area contributed by atoms with Crippen molar-refractivity contribution < 1.29 is 9.53 Å². The fourth-order valence-electron chi connectivity index (χ4n) is 1.64. The number of likely N-dealkylation sites (N-methyl/N-ethyl adjacent to an activating group) is 1. The van der Waals surface area contributed by atoms with Crippen molar-refractivity contribution in [2.24, 2.45) is 0 Å². The van der Waals surface area contributed by atoms with Crippen LogP contribution in [-0.2, 0) is 4.79 Å². The molecule has 5 nitrogen and oxygen atoms in total. The summed E-state index contributed by atoms with van der Waals surface area (Å²) in [5, 5.41) is 3.59. The van der Waals surface area contributed by atoms with Crippen LogP contribution in [0.4, 0.5) is 0 Å². The van der Waals surface area contributed by atoms with Crippen LogP contribution < -0.4 is 10.1 Å². The number of hydrogen-bond acceptors (Lipinski definition) is 5. The van der Waals surface area contributed by atoms with Crippen LogP contribution in [0.25, 0.3) is 10.2 Å². The van der Waals surface area contributed by atoms with Crippen molar-refractivity contribution in [2.75, 3.05) is 13.2 Å². The number of thiophene rings is 1. The van der Waals surface area contributed by atoms with E-state index in [1.165, 1.54) is 11.2 Å². The van der Waals surface area contributed by atoms with Gasteiger partial charge >= 0.3 is 0 Å². The molecule has 2 aromatic rings. The molecule has 0 radical (unpaired) electrons. The predicted octanol–water partition coefficient (Wildman–Crippen LogP) is 1.82. The monoisotopic (exact) mass is 265 g/mol. The molecule has 1 N–H and O–H groups in total. The molecule has 0 aliphatic carbocycles. The average molecular weight is 265 g/mol. The summed E-state index contributed by atoms with van der Waals surface area (Å²) in [6, 6.07) is 0. The molecular weight excluding hydrogens is 250 g/mol. The van der Waals surface area contributed by atoms with Crippen LogP contribution >= 0.6 is 11.3 Å². The van der Waals surface area contributed by atoms with E-state index < -0.39 is 0 Å². The molecule has 96 valence electrons. The summed E-state index contributed by atoms with van der Waals surface area (Å²) in [5.41, 5.74) is 1.11. The van der Waals surface area contributed by atoms with E-state index in [9.17, 15) is 4.79 Å². The Balaban J connectivity index is 2.25. The first-order chi connectivity index (χ1) is 8.63. The molecule has 0 unspecified atom stereocenters. The van der Waals surface area contributed by atoms with Crippen molar-refractivity contribution in [1.82, 2.24) is 15.3 Å². The molecule has 6 heteroatoms. The van der Waals surface area contributed by atoms with Crippen molar-refractivity contribution in [3.63, 3.8) is 0 Å². The highest BCUT2D eigenvalue weighted by atomic mass is 32.1. The number of fused-ring (bicyclic) bond motifs is 1. The maximum absolute atomic E-state index is 11.4. The number of ether oxygens (including phenoxy) is 1. The van der Waals surface area contributed by atoms with Gasteiger partial charge in [0, 0.05) is 11.4 Å². The topological polar surface area (TPSA) is 64.1 Å². The molecule has 0 aliphatic heterocycles. The van der Waals surface area contributed by atoms with Gasteiger partial charge in [-0.3, -0.25) is 4.79 Å². The van der Waals surface area contributed by atoms with Crippen LogP contribution in [0, 0.1) is 13.8 Å². The summed E-state index contributed by atoms with van der Waals surface area (Å²) in [5.74, 6) is 0.335. The fraction of sp³-hybridized carbons (Fsp3) is 0.417. The number of nitrogens with one attached hydrogen (secondary N) is 1. The SMILES string of the molecule is CCNC(=O)COc1ncnc2sc(C)c(C)c12. The average Bonchev–Trinajstić information content (AvgIpc) is 2.64. The first-order valence-electron chi connectivity index (χ1n) is 5.73. The maximum atomic E-state index is 11.4. The molecule has 2 heterocycles. The van der Waals surface area contributed by atoms with Crippen LogP contribution in [0.3, 0.4) is 0 Å². The van der Waals surface area contributed by atoms with Gasteiger partial charge < -0.3 is 10.1 Å². The Hall–Kier alpha value is -1.69. The second-order valence-corrected chi connectivity index (χ2v) is 5.09. The Kier molecular flexibility index (Phi) is 3.76. The van der Waals surface area contributed by atoms with Gasteiger partial charge in [-0.2, -0.15) is 0 Å². The number of amides is 1. The van der Waals surface area contributed by atoms with E-state index >= 15 is 0 Å². The molecule has 2 aromatic heterocycles. The summed E-state index contributed by atoms with van der Waals surface area (Å²) in [7, 11) is 0. The number of nitrogens with zero attached hydrogens (tertiary/aromatic N) is 2. The minimum Gasteiger partial charge on any atom is -0.467 e. The normalized spacial score (nSPS) is 10.6. The van der Waals surface area contributed by atoms with Gasteiger partial charge in [0.15, 0.2) is 6.61 Å². The number of carbonyl (C=O) groups excluding carboxylic acids is 1. The smallest absolute Gasteiger partial charge is 0.257 e. The van der Waals surface area contributed by atoms with E-state index in [4.69, 9.17) is 4.74 Å². The Morgan fingerprint density at radius 3 is 2.94 bits per heavy atom. The lowest BCUT2D eigenvalue weighted by atomic mass is 10.2. The molecule has 0 saturated carbocycles. The standard InChI is InChI=1S/C12H15N3O2S/c1-4-13-9(16)5-17-11-10-7(2)8(3)18-12(10)15-6-14-11/h6H,4-5H2,1-3H3,(H,13,16). The van der Waals surface area contributed by atoms with E-state index in [2.05, 4.69) is 15.3 Å². The highest BCUT2D eigenvalue weighted by Gasteiger charge is 2.13. The number of rotatable bonds is 4. The van der Waals surface area contributed by atoms with Crippen LogP contribution in [0.5, 0.6) is 5.88 Å². The second-order valence-electron chi connectivity index (χ2n) is 3.88. The number of carbonyl (C=O) groups is 1. The van der Waals surface area contributed by atoms with Gasteiger partial charge in [0.1, 0.15) is 11.2 Å². The Morgan fingerprint density at radius 2 is 2.22 bits per heavy atom. The molecule has 0 saturated heterocycles. The third kappa shape index (κ3) is 2.43. The van der Waals surface area contributed by atoms with Crippen molar-refractivity contribution >= 4 is 27.5 Å². The molecule has 0 spiro atoms. The van der Waals surface area contributed by atoms with Crippen LogP contribution in [-0.4, -0.2) is 29.0 Å². The third-order valence-electron chi connectivity index (χ3n) is 2.64. The minimum atomic E-state index is -0.145. The number of aryl methyl sites for hydroxylation is 2. The molecule has 2 rings (SSSR count). The van der Waals surface area contributed by atoms with Crippen LogP contribution in [0.1, 0.15) is 17.4 Å². The molecule has 0 atom stereocenters. The van der Waals surface area contributed by atoms with Gasteiger partial charge in [-0.15, -0.1) is 11.3 Å². The molecule has 1 amide bonds.